The number of methoxy groups -OCH3 is 1. The van der Waals surface area contributed by atoms with Gasteiger partial charge in [-0.05, 0) is 11.6 Å². The molecule has 1 unspecified atom stereocenters. The van der Waals surface area contributed by atoms with E-state index >= 15 is 0 Å². The normalized spacial score (nSPS) is 16.8. The highest BCUT2D eigenvalue weighted by Gasteiger charge is 2.24. The summed E-state index contributed by atoms with van der Waals surface area (Å²) in [5.74, 6) is 0.779. The molecule has 0 radical (unpaired) electrons. The molecule has 1 aliphatic rings. The molecule has 0 spiro atoms. The van der Waals surface area contributed by atoms with E-state index in [9.17, 15) is 4.39 Å². The average Bonchev–Trinajstić information content (AvgIpc) is 3.18. The van der Waals surface area contributed by atoms with Crippen LogP contribution in [0.1, 0.15) is 17.8 Å². The lowest BCUT2D eigenvalue weighted by Crippen LogP contribution is -2.10. The van der Waals surface area contributed by atoms with E-state index in [-0.39, 0.29) is 12.4 Å². The number of aromatic nitrogens is 7. The number of hydrogen-bond donors (Lipinski definition) is 1. The second-order valence-corrected chi connectivity index (χ2v) is 5.55. The minimum absolute atomic E-state index is 0.193. The van der Waals surface area contributed by atoms with E-state index in [0.717, 1.165) is 11.1 Å². The van der Waals surface area contributed by atoms with Gasteiger partial charge in [0.05, 0.1) is 7.11 Å². The van der Waals surface area contributed by atoms with Gasteiger partial charge in [-0.25, -0.2) is 29.3 Å². The first kappa shape index (κ1) is 16.0. The van der Waals surface area contributed by atoms with Gasteiger partial charge in [0.1, 0.15) is 18.2 Å². The van der Waals surface area contributed by atoms with Gasteiger partial charge in [-0.3, -0.25) is 5.10 Å². The van der Waals surface area contributed by atoms with Crippen LogP contribution < -0.4 is 4.74 Å². The van der Waals surface area contributed by atoms with Gasteiger partial charge in [-0.2, -0.15) is 5.10 Å². The molecule has 26 heavy (non-hydrogen) atoms. The Morgan fingerprint density at radius 1 is 1.19 bits per heavy atom. The Morgan fingerprint density at radius 3 is 2.73 bits per heavy atom. The predicted octanol–water partition coefficient (Wildman–Crippen LogP) is 2.27. The number of allylic oxidation sites excluding steroid dienone is 4. The van der Waals surface area contributed by atoms with E-state index in [1.807, 2.05) is 6.08 Å². The third-order valence-corrected chi connectivity index (χ3v) is 3.95. The molecular formula is C17H14FN7O. The van der Waals surface area contributed by atoms with Crippen molar-refractivity contribution in [1.29, 1.82) is 0 Å². The van der Waals surface area contributed by atoms with Crippen LogP contribution in [0.15, 0.2) is 43.1 Å². The van der Waals surface area contributed by atoms with E-state index in [0.29, 0.717) is 22.9 Å². The first-order valence-corrected chi connectivity index (χ1v) is 7.85. The van der Waals surface area contributed by atoms with E-state index in [2.05, 4.69) is 35.1 Å². The third kappa shape index (κ3) is 3.06. The number of nitrogens with zero attached hydrogens (tertiary/aromatic N) is 6. The largest absolute Gasteiger partial charge is 0.467 e. The number of ether oxygens (including phenoxy) is 1. The number of halogens is 1. The highest BCUT2D eigenvalue weighted by molar-refractivity contribution is 5.78. The summed E-state index contributed by atoms with van der Waals surface area (Å²) in [6.07, 6.45) is 8.73. The van der Waals surface area contributed by atoms with Crippen molar-refractivity contribution in [2.24, 2.45) is 0 Å². The van der Waals surface area contributed by atoms with Crippen molar-refractivity contribution < 1.29 is 9.13 Å². The van der Waals surface area contributed by atoms with E-state index < -0.39 is 6.17 Å². The summed E-state index contributed by atoms with van der Waals surface area (Å²) in [5, 5.41) is 6.89. The zero-order valence-corrected chi connectivity index (χ0v) is 13.8. The molecule has 3 aromatic heterocycles. The Kier molecular flexibility index (Phi) is 4.18. The molecule has 0 amide bonds. The number of alkyl halides is 1. The fourth-order valence-corrected chi connectivity index (χ4v) is 2.62. The van der Waals surface area contributed by atoms with Gasteiger partial charge >= 0.3 is 6.01 Å². The summed E-state index contributed by atoms with van der Waals surface area (Å²) in [5.41, 5.74) is 2.56. The van der Waals surface area contributed by atoms with Gasteiger partial charge in [-0.1, -0.05) is 12.2 Å². The number of rotatable bonds is 4. The molecule has 4 rings (SSSR count). The van der Waals surface area contributed by atoms with Crippen LogP contribution in [-0.2, 0) is 0 Å². The number of aromatic amines is 1. The Labute approximate surface area is 147 Å². The van der Waals surface area contributed by atoms with Crippen LogP contribution in [0.4, 0.5) is 4.39 Å². The maximum atomic E-state index is 14.7. The first-order chi connectivity index (χ1) is 12.7. The molecule has 0 saturated heterocycles. The monoisotopic (exact) mass is 351 g/mol. The van der Waals surface area contributed by atoms with Gasteiger partial charge < -0.3 is 4.74 Å². The highest BCUT2D eigenvalue weighted by atomic mass is 19.1. The summed E-state index contributed by atoms with van der Waals surface area (Å²) in [6, 6.07) is 1.98. The van der Waals surface area contributed by atoms with Crippen molar-refractivity contribution in [2.45, 2.75) is 12.6 Å². The van der Waals surface area contributed by atoms with Crippen LogP contribution >= 0.6 is 0 Å². The van der Waals surface area contributed by atoms with Gasteiger partial charge in [0.15, 0.2) is 11.6 Å². The molecule has 0 aromatic carbocycles. The summed E-state index contributed by atoms with van der Waals surface area (Å²) >= 11 is 0. The third-order valence-electron chi connectivity index (χ3n) is 3.95. The molecular weight excluding hydrogens is 337 g/mol. The van der Waals surface area contributed by atoms with Crippen LogP contribution in [-0.4, -0.2) is 48.4 Å². The van der Waals surface area contributed by atoms with Crippen molar-refractivity contribution in [1.82, 2.24) is 35.1 Å². The summed E-state index contributed by atoms with van der Waals surface area (Å²) in [4.78, 5) is 20.4. The molecule has 0 saturated carbocycles. The van der Waals surface area contributed by atoms with Crippen LogP contribution in [0, 0.1) is 0 Å². The summed E-state index contributed by atoms with van der Waals surface area (Å²) in [7, 11) is 1.49. The zero-order valence-electron chi connectivity index (χ0n) is 13.8. The molecule has 1 atom stereocenters. The molecule has 3 aromatic rings. The highest BCUT2D eigenvalue weighted by Crippen LogP contribution is 2.32. The van der Waals surface area contributed by atoms with Crippen LogP contribution in [0.25, 0.3) is 22.7 Å². The first-order valence-electron chi connectivity index (χ1n) is 7.85. The van der Waals surface area contributed by atoms with Crippen LogP contribution in [0.5, 0.6) is 6.01 Å². The lowest BCUT2D eigenvalue weighted by Gasteiger charge is -2.17. The molecule has 130 valence electrons. The number of H-pyrrole nitrogens is 1. The minimum Gasteiger partial charge on any atom is -0.467 e. The van der Waals surface area contributed by atoms with Crippen molar-refractivity contribution in [2.75, 3.05) is 7.11 Å². The second kappa shape index (κ2) is 6.79. The number of nitrogens with one attached hydrogen (secondary N) is 1. The van der Waals surface area contributed by atoms with Crippen molar-refractivity contribution in [3.8, 4) is 17.5 Å². The van der Waals surface area contributed by atoms with Gasteiger partial charge in [0.25, 0.3) is 0 Å². The maximum absolute atomic E-state index is 14.7. The van der Waals surface area contributed by atoms with Crippen LogP contribution in [0.2, 0.25) is 0 Å². The van der Waals surface area contributed by atoms with E-state index in [4.69, 9.17) is 4.74 Å². The SMILES string of the molecule is COc1ncc(C2=CC=C(c3n[nH]c(-c4ccncn4)n3)C(F)C2)cn1. The smallest absolute Gasteiger partial charge is 0.316 e. The van der Waals surface area contributed by atoms with E-state index in [1.165, 1.54) is 13.4 Å². The van der Waals surface area contributed by atoms with Gasteiger partial charge in [-0.15, -0.1) is 0 Å². The molecule has 9 heteroatoms. The summed E-state index contributed by atoms with van der Waals surface area (Å²) < 4.78 is 19.7. The quantitative estimate of drug-likeness (QED) is 0.769. The average molecular weight is 351 g/mol. The standard InChI is InChI=1S/C17H14FN7O/c1-26-17-20-7-11(8-21-17)10-2-3-12(13(18)6-10)15-23-16(25-24-15)14-4-5-19-9-22-14/h2-5,7-9,13H,6H2,1H3,(H,23,24,25). The fourth-order valence-electron chi connectivity index (χ4n) is 2.62. The predicted molar refractivity (Wildman–Crippen MR) is 91.5 cm³/mol. The lowest BCUT2D eigenvalue weighted by molar-refractivity contribution is 0.379. The Bertz CT molecular complexity index is 966. The van der Waals surface area contributed by atoms with Crippen molar-refractivity contribution >= 4 is 11.1 Å². The topological polar surface area (TPSA) is 102 Å². The summed E-state index contributed by atoms with van der Waals surface area (Å²) in [6.45, 7) is 0. The van der Waals surface area contributed by atoms with Crippen LogP contribution in [0.3, 0.4) is 0 Å². The lowest BCUT2D eigenvalue weighted by atomic mass is 9.93. The zero-order chi connectivity index (χ0) is 17.9. The Hall–Kier alpha value is -3.49. The molecule has 0 bridgehead atoms. The molecule has 1 N–H and O–H groups in total. The Balaban J connectivity index is 1.60. The molecule has 0 aliphatic heterocycles. The van der Waals surface area contributed by atoms with Crippen molar-refractivity contribution in [3.05, 3.63) is 54.5 Å². The van der Waals surface area contributed by atoms with Gasteiger partial charge in [0.2, 0.25) is 0 Å². The van der Waals surface area contributed by atoms with Crippen molar-refractivity contribution in [3.63, 3.8) is 0 Å². The van der Waals surface area contributed by atoms with Gasteiger partial charge in [0, 0.05) is 36.1 Å². The molecule has 8 nitrogen and oxygen atoms in total. The maximum Gasteiger partial charge on any atom is 0.316 e. The molecule has 0 fully saturated rings. The molecule has 3 heterocycles. The number of hydrogen-bond acceptors (Lipinski definition) is 7. The second-order valence-electron chi connectivity index (χ2n) is 5.55. The minimum atomic E-state index is -1.23. The molecule has 1 aliphatic carbocycles. The Morgan fingerprint density at radius 2 is 2.04 bits per heavy atom. The fraction of sp³-hybridized carbons (Fsp3) is 0.176. The van der Waals surface area contributed by atoms with E-state index in [1.54, 1.807) is 30.7 Å².